The van der Waals surface area contributed by atoms with Crippen LogP contribution < -0.4 is 4.72 Å². The third-order valence-corrected chi connectivity index (χ3v) is 4.66. The molecule has 0 amide bonds. The second kappa shape index (κ2) is 5.62. The number of sulfonamides is 1. The number of aliphatic hydroxyl groups excluding tert-OH is 1. The number of hydrogen-bond acceptors (Lipinski definition) is 3. The van der Waals surface area contributed by atoms with Crippen molar-refractivity contribution < 1.29 is 13.5 Å². The lowest BCUT2D eigenvalue weighted by molar-refractivity contribution is 0.172. The maximum absolute atomic E-state index is 12.1. The molecule has 0 unspecified atom stereocenters. The van der Waals surface area contributed by atoms with Gasteiger partial charge in [-0.3, -0.25) is 0 Å². The van der Waals surface area contributed by atoms with Crippen LogP contribution in [0.5, 0.6) is 0 Å². The third kappa shape index (κ3) is 3.28. The number of benzene rings is 1. The Kier molecular flexibility index (Phi) is 4.68. The minimum absolute atomic E-state index is 0.202. The normalized spacial score (nSPS) is 12.6. The monoisotopic (exact) mass is 257 g/mol. The molecule has 96 valence electrons. The maximum atomic E-state index is 12.1. The van der Waals surface area contributed by atoms with E-state index in [1.54, 1.807) is 18.2 Å². The van der Waals surface area contributed by atoms with Gasteiger partial charge in [0.2, 0.25) is 10.0 Å². The van der Waals surface area contributed by atoms with Gasteiger partial charge in [-0.1, -0.05) is 32.0 Å². The highest BCUT2D eigenvalue weighted by Crippen LogP contribution is 2.18. The molecule has 4 nitrogen and oxygen atoms in total. The zero-order valence-electron chi connectivity index (χ0n) is 10.2. The molecule has 0 atom stereocenters. The van der Waals surface area contributed by atoms with Crippen LogP contribution in [0.4, 0.5) is 0 Å². The molecule has 0 radical (unpaired) electrons. The largest absolute Gasteiger partial charge is 0.394 e. The molecule has 1 aromatic rings. The van der Waals surface area contributed by atoms with Gasteiger partial charge in [0.25, 0.3) is 0 Å². The average molecular weight is 257 g/mol. The predicted molar refractivity (Wildman–Crippen MR) is 67.2 cm³/mol. The Hall–Kier alpha value is -0.910. The summed E-state index contributed by atoms with van der Waals surface area (Å²) in [7, 11) is -3.56. The van der Waals surface area contributed by atoms with E-state index < -0.39 is 15.6 Å². The standard InChI is InChI=1S/C12H19NO3S/c1-3-12(4-2,10-14)13-17(15,16)11-8-6-5-7-9-11/h5-9,13-14H,3-4,10H2,1-2H3. The van der Waals surface area contributed by atoms with E-state index in [4.69, 9.17) is 0 Å². The van der Waals surface area contributed by atoms with Gasteiger partial charge in [0.15, 0.2) is 0 Å². The van der Waals surface area contributed by atoms with Gasteiger partial charge >= 0.3 is 0 Å². The molecule has 1 rings (SSSR count). The molecule has 0 heterocycles. The summed E-state index contributed by atoms with van der Waals surface area (Å²) in [5, 5.41) is 9.36. The van der Waals surface area contributed by atoms with E-state index in [9.17, 15) is 13.5 Å². The first kappa shape index (κ1) is 14.2. The van der Waals surface area contributed by atoms with Gasteiger partial charge < -0.3 is 5.11 Å². The Morgan fingerprint density at radius 1 is 1.18 bits per heavy atom. The molecule has 0 spiro atoms. The molecule has 5 heteroatoms. The topological polar surface area (TPSA) is 66.4 Å². The number of hydrogen-bond donors (Lipinski definition) is 2. The van der Waals surface area contributed by atoms with Gasteiger partial charge in [-0.25, -0.2) is 13.1 Å². The van der Waals surface area contributed by atoms with E-state index in [2.05, 4.69) is 4.72 Å². The number of nitrogens with one attached hydrogen (secondary N) is 1. The van der Waals surface area contributed by atoms with Crippen molar-refractivity contribution in [2.75, 3.05) is 6.61 Å². The lowest BCUT2D eigenvalue weighted by atomic mass is 9.96. The summed E-state index contributed by atoms with van der Waals surface area (Å²) in [6, 6.07) is 8.18. The summed E-state index contributed by atoms with van der Waals surface area (Å²) in [4.78, 5) is 0.222. The molecule has 0 aliphatic rings. The van der Waals surface area contributed by atoms with Crippen molar-refractivity contribution in [3.05, 3.63) is 30.3 Å². The summed E-state index contributed by atoms with van der Waals surface area (Å²) < 4.78 is 26.8. The molecule has 0 aliphatic carbocycles. The first-order chi connectivity index (χ1) is 7.99. The Balaban J connectivity index is 3.01. The van der Waals surface area contributed by atoms with E-state index in [1.165, 1.54) is 12.1 Å². The summed E-state index contributed by atoms with van der Waals surface area (Å²) in [5.41, 5.74) is -0.769. The van der Waals surface area contributed by atoms with Gasteiger partial charge in [0.05, 0.1) is 17.0 Å². The van der Waals surface area contributed by atoms with E-state index in [0.717, 1.165) is 0 Å². The van der Waals surface area contributed by atoms with Gasteiger partial charge in [-0.15, -0.1) is 0 Å². The molecule has 0 aromatic heterocycles. The molecule has 0 saturated heterocycles. The fourth-order valence-corrected chi connectivity index (χ4v) is 3.15. The SMILES string of the molecule is CCC(CC)(CO)NS(=O)(=O)c1ccccc1. The quantitative estimate of drug-likeness (QED) is 0.812. The Morgan fingerprint density at radius 3 is 2.12 bits per heavy atom. The van der Waals surface area contributed by atoms with E-state index in [0.29, 0.717) is 12.8 Å². The van der Waals surface area contributed by atoms with Crippen LogP contribution in [0.15, 0.2) is 35.2 Å². The van der Waals surface area contributed by atoms with Crippen molar-refractivity contribution in [1.82, 2.24) is 4.72 Å². The first-order valence-electron chi connectivity index (χ1n) is 5.69. The second-order valence-corrected chi connectivity index (χ2v) is 5.75. The van der Waals surface area contributed by atoms with Crippen LogP contribution in [-0.2, 0) is 10.0 Å². The minimum atomic E-state index is -3.56. The zero-order chi connectivity index (χ0) is 12.9. The molecule has 0 bridgehead atoms. The fourth-order valence-electron chi connectivity index (χ4n) is 1.59. The molecular weight excluding hydrogens is 238 g/mol. The van der Waals surface area contributed by atoms with Crippen molar-refractivity contribution >= 4 is 10.0 Å². The maximum Gasteiger partial charge on any atom is 0.241 e. The highest BCUT2D eigenvalue weighted by Gasteiger charge is 2.31. The van der Waals surface area contributed by atoms with Crippen LogP contribution in [0.3, 0.4) is 0 Å². The van der Waals surface area contributed by atoms with Crippen molar-refractivity contribution in [2.45, 2.75) is 37.1 Å². The van der Waals surface area contributed by atoms with Crippen LogP contribution in [0.2, 0.25) is 0 Å². The Bertz CT molecular complexity index is 430. The van der Waals surface area contributed by atoms with E-state index in [1.807, 2.05) is 13.8 Å². The number of rotatable bonds is 6. The third-order valence-electron chi connectivity index (χ3n) is 3.06. The highest BCUT2D eigenvalue weighted by atomic mass is 32.2. The predicted octanol–water partition coefficient (Wildman–Crippen LogP) is 1.52. The van der Waals surface area contributed by atoms with Crippen LogP contribution in [0.25, 0.3) is 0 Å². The van der Waals surface area contributed by atoms with Crippen molar-refractivity contribution in [3.8, 4) is 0 Å². The van der Waals surface area contributed by atoms with Crippen molar-refractivity contribution in [1.29, 1.82) is 0 Å². The molecule has 1 aromatic carbocycles. The zero-order valence-corrected chi connectivity index (χ0v) is 11.0. The molecule has 0 aliphatic heterocycles. The molecule has 2 N–H and O–H groups in total. The number of aliphatic hydroxyl groups is 1. The lowest BCUT2D eigenvalue weighted by Crippen LogP contribution is -2.50. The summed E-state index contributed by atoms with van der Waals surface area (Å²) in [6.45, 7) is 3.51. The lowest BCUT2D eigenvalue weighted by Gasteiger charge is -2.30. The Labute approximate surface area is 103 Å². The van der Waals surface area contributed by atoms with E-state index in [-0.39, 0.29) is 11.5 Å². The van der Waals surface area contributed by atoms with Gasteiger partial charge in [0, 0.05) is 0 Å². The molecule has 0 fully saturated rings. The summed E-state index contributed by atoms with van der Waals surface area (Å²) in [6.07, 6.45) is 1.10. The van der Waals surface area contributed by atoms with Gasteiger partial charge in [0.1, 0.15) is 0 Å². The molecule has 17 heavy (non-hydrogen) atoms. The highest BCUT2D eigenvalue weighted by molar-refractivity contribution is 7.89. The van der Waals surface area contributed by atoms with Gasteiger partial charge in [-0.05, 0) is 25.0 Å². The van der Waals surface area contributed by atoms with Gasteiger partial charge in [-0.2, -0.15) is 0 Å². The van der Waals surface area contributed by atoms with Crippen LogP contribution in [0.1, 0.15) is 26.7 Å². The van der Waals surface area contributed by atoms with Crippen LogP contribution >= 0.6 is 0 Å². The van der Waals surface area contributed by atoms with Crippen molar-refractivity contribution in [3.63, 3.8) is 0 Å². The fraction of sp³-hybridized carbons (Fsp3) is 0.500. The first-order valence-corrected chi connectivity index (χ1v) is 7.18. The summed E-state index contributed by atoms with van der Waals surface area (Å²) >= 11 is 0. The second-order valence-electron chi connectivity index (χ2n) is 4.06. The molecular formula is C12H19NO3S. The average Bonchev–Trinajstić information content (AvgIpc) is 2.37. The molecule has 0 saturated carbocycles. The summed E-state index contributed by atoms with van der Waals surface area (Å²) in [5.74, 6) is 0. The van der Waals surface area contributed by atoms with Crippen molar-refractivity contribution in [2.24, 2.45) is 0 Å². The Morgan fingerprint density at radius 2 is 1.71 bits per heavy atom. The van der Waals surface area contributed by atoms with E-state index >= 15 is 0 Å². The van der Waals surface area contributed by atoms with Crippen LogP contribution in [-0.4, -0.2) is 25.7 Å². The minimum Gasteiger partial charge on any atom is -0.394 e. The smallest absolute Gasteiger partial charge is 0.241 e. The van der Waals surface area contributed by atoms with Crippen LogP contribution in [0, 0.1) is 0 Å².